The van der Waals surface area contributed by atoms with Gasteiger partial charge in [0.2, 0.25) is 5.91 Å². The molecule has 0 unspecified atom stereocenters. The van der Waals surface area contributed by atoms with Gasteiger partial charge in [0.15, 0.2) is 0 Å². The Labute approximate surface area is 200 Å². The van der Waals surface area contributed by atoms with Gasteiger partial charge in [0, 0.05) is 55.4 Å². The van der Waals surface area contributed by atoms with Crippen LogP contribution in [0.3, 0.4) is 0 Å². The second-order valence-corrected chi connectivity index (χ2v) is 8.66. The van der Waals surface area contributed by atoms with Crippen LogP contribution in [0.2, 0.25) is 0 Å². The number of benzene rings is 2. The van der Waals surface area contributed by atoms with Gasteiger partial charge >= 0.3 is 0 Å². The molecule has 1 aliphatic heterocycles. The van der Waals surface area contributed by atoms with Crippen molar-refractivity contribution in [1.29, 1.82) is 0 Å². The highest BCUT2D eigenvalue weighted by Crippen LogP contribution is 2.30. The number of ether oxygens (including phenoxy) is 1. The highest BCUT2D eigenvalue weighted by atomic mass is 16.5. The van der Waals surface area contributed by atoms with Crippen LogP contribution in [-0.4, -0.2) is 54.1 Å². The number of carbonyl (C=O) groups is 1. The third-order valence-corrected chi connectivity index (χ3v) is 6.62. The highest BCUT2D eigenvalue weighted by Gasteiger charge is 2.21. The van der Waals surface area contributed by atoms with Gasteiger partial charge in [-0.25, -0.2) is 0 Å². The van der Waals surface area contributed by atoms with Crippen molar-refractivity contribution >= 4 is 22.5 Å². The lowest BCUT2D eigenvalue weighted by Crippen LogP contribution is -2.48. The number of aromatic amines is 1. The predicted molar refractivity (Wildman–Crippen MR) is 136 cm³/mol. The zero-order valence-corrected chi connectivity index (χ0v) is 19.5. The van der Waals surface area contributed by atoms with E-state index in [1.807, 2.05) is 47.5 Å². The molecule has 6 nitrogen and oxygen atoms in total. The molecule has 1 fully saturated rings. The number of pyridine rings is 1. The molecule has 0 saturated carbocycles. The molecule has 34 heavy (non-hydrogen) atoms. The number of para-hydroxylation sites is 1. The summed E-state index contributed by atoms with van der Waals surface area (Å²) in [5, 5.41) is 1.21. The summed E-state index contributed by atoms with van der Waals surface area (Å²) in [7, 11) is 1.68. The van der Waals surface area contributed by atoms with Crippen LogP contribution >= 0.6 is 0 Å². The second kappa shape index (κ2) is 10.00. The van der Waals surface area contributed by atoms with Crippen LogP contribution in [0.15, 0.2) is 72.9 Å². The van der Waals surface area contributed by atoms with E-state index in [1.54, 1.807) is 7.11 Å². The first-order valence-electron chi connectivity index (χ1n) is 11.9. The smallest absolute Gasteiger partial charge is 0.222 e. The Kier molecular flexibility index (Phi) is 6.47. The molecule has 174 valence electrons. The maximum Gasteiger partial charge on any atom is 0.222 e. The Hall–Kier alpha value is -3.80. The first kappa shape index (κ1) is 22.0. The molecule has 1 saturated heterocycles. The van der Waals surface area contributed by atoms with Gasteiger partial charge in [-0.3, -0.25) is 9.78 Å². The van der Waals surface area contributed by atoms with E-state index in [0.717, 1.165) is 61.7 Å². The summed E-state index contributed by atoms with van der Waals surface area (Å²) in [6.07, 6.45) is 4.04. The number of amides is 1. The lowest BCUT2D eigenvalue weighted by molar-refractivity contribution is -0.131. The number of rotatable bonds is 7. The van der Waals surface area contributed by atoms with Crippen LogP contribution < -0.4 is 9.64 Å². The highest BCUT2D eigenvalue weighted by molar-refractivity contribution is 5.90. The number of anilines is 1. The SMILES string of the molecule is COc1ccc(N2CCN(C(=O)CCCc3c(-c4ccccn4)[nH]c4ccccc34)CC2)cc1. The van der Waals surface area contributed by atoms with Gasteiger partial charge in [-0.2, -0.15) is 0 Å². The van der Waals surface area contributed by atoms with Crippen LogP contribution in [-0.2, 0) is 11.2 Å². The van der Waals surface area contributed by atoms with E-state index < -0.39 is 0 Å². The Morgan fingerprint density at radius 1 is 0.971 bits per heavy atom. The van der Waals surface area contributed by atoms with Gasteiger partial charge in [0.1, 0.15) is 5.75 Å². The van der Waals surface area contributed by atoms with Crippen LogP contribution in [0.4, 0.5) is 5.69 Å². The average molecular weight is 455 g/mol. The summed E-state index contributed by atoms with van der Waals surface area (Å²) in [6.45, 7) is 3.23. The van der Waals surface area contributed by atoms with Crippen molar-refractivity contribution in [1.82, 2.24) is 14.9 Å². The third-order valence-electron chi connectivity index (χ3n) is 6.62. The van der Waals surface area contributed by atoms with Gasteiger partial charge in [0.25, 0.3) is 0 Å². The number of nitrogens with zero attached hydrogens (tertiary/aromatic N) is 3. The molecule has 3 heterocycles. The normalized spacial score (nSPS) is 13.9. The van der Waals surface area contributed by atoms with Crippen LogP contribution in [0.5, 0.6) is 5.75 Å². The summed E-state index contributed by atoms with van der Waals surface area (Å²) in [4.78, 5) is 25.4. The Balaban J connectivity index is 1.19. The summed E-state index contributed by atoms with van der Waals surface area (Å²) in [5.41, 5.74) is 5.52. The maximum absolute atomic E-state index is 12.9. The quantitative estimate of drug-likeness (QED) is 0.431. The molecule has 0 aliphatic carbocycles. The molecule has 0 bridgehead atoms. The Bertz CT molecular complexity index is 1240. The molecule has 2 aromatic carbocycles. The molecule has 1 aliphatic rings. The number of fused-ring (bicyclic) bond motifs is 1. The fourth-order valence-corrected chi connectivity index (χ4v) is 4.77. The van der Waals surface area contributed by atoms with Gasteiger partial charge in [-0.15, -0.1) is 0 Å². The van der Waals surface area contributed by atoms with Crippen molar-refractivity contribution < 1.29 is 9.53 Å². The van der Waals surface area contributed by atoms with Crippen LogP contribution in [0, 0.1) is 0 Å². The topological polar surface area (TPSA) is 61.5 Å². The molecule has 1 N–H and O–H groups in total. The molecule has 0 atom stereocenters. The van der Waals surface area contributed by atoms with E-state index in [0.29, 0.717) is 6.42 Å². The summed E-state index contributed by atoms with van der Waals surface area (Å²) in [5.74, 6) is 1.10. The molecule has 5 rings (SSSR count). The summed E-state index contributed by atoms with van der Waals surface area (Å²) in [6, 6.07) is 22.4. The molecule has 0 spiro atoms. The minimum atomic E-state index is 0.244. The van der Waals surface area contributed by atoms with E-state index in [2.05, 4.69) is 45.2 Å². The van der Waals surface area contributed by atoms with Gasteiger partial charge < -0.3 is 19.5 Å². The Morgan fingerprint density at radius 2 is 1.74 bits per heavy atom. The van der Waals surface area contributed by atoms with Crippen molar-refractivity contribution in [3.8, 4) is 17.1 Å². The van der Waals surface area contributed by atoms with Crippen molar-refractivity contribution in [2.45, 2.75) is 19.3 Å². The molecular formula is C28H30N4O2. The lowest BCUT2D eigenvalue weighted by atomic mass is 10.0. The van der Waals surface area contributed by atoms with Gasteiger partial charge in [-0.1, -0.05) is 24.3 Å². The maximum atomic E-state index is 12.9. The number of aryl methyl sites for hydroxylation is 1. The number of nitrogens with one attached hydrogen (secondary N) is 1. The largest absolute Gasteiger partial charge is 0.497 e. The van der Waals surface area contributed by atoms with Crippen LogP contribution in [0.25, 0.3) is 22.3 Å². The zero-order valence-electron chi connectivity index (χ0n) is 19.5. The van der Waals surface area contributed by atoms with Crippen molar-refractivity contribution in [3.05, 3.63) is 78.5 Å². The first-order chi connectivity index (χ1) is 16.7. The molecular weight excluding hydrogens is 424 g/mol. The predicted octanol–water partition coefficient (Wildman–Crippen LogP) is 4.91. The zero-order chi connectivity index (χ0) is 23.3. The van der Waals surface area contributed by atoms with Gasteiger partial charge in [-0.05, 0) is 60.9 Å². The minimum Gasteiger partial charge on any atom is -0.497 e. The van der Waals surface area contributed by atoms with Crippen molar-refractivity contribution in [2.75, 3.05) is 38.2 Å². The number of piperazine rings is 1. The fourth-order valence-electron chi connectivity index (χ4n) is 4.77. The number of aromatic nitrogens is 2. The van der Waals surface area contributed by atoms with E-state index in [4.69, 9.17) is 4.74 Å². The Morgan fingerprint density at radius 3 is 2.47 bits per heavy atom. The van der Waals surface area contributed by atoms with Crippen LogP contribution in [0.1, 0.15) is 18.4 Å². The molecule has 6 heteroatoms. The van der Waals surface area contributed by atoms with E-state index in [1.165, 1.54) is 16.6 Å². The number of H-pyrrole nitrogens is 1. The average Bonchev–Trinajstić information content (AvgIpc) is 3.28. The standard InChI is InChI=1S/C28H30N4O2/c1-34-22-14-12-21(13-15-22)31-17-19-32(20-18-31)27(33)11-6-8-24-23-7-2-3-9-25(23)30-28(24)26-10-4-5-16-29-26/h2-5,7,9-10,12-16,30H,6,8,11,17-20H2,1H3. The number of hydrogen-bond acceptors (Lipinski definition) is 4. The molecule has 4 aromatic rings. The molecule has 0 radical (unpaired) electrons. The summed E-state index contributed by atoms with van der Waals surface area (Å²) >= 11 is 0. The van der Waals surface area contributed by atoms with Gasteiger partial charge in [0.05, 0.1) is 18.5 Å². The lowest BCUT2D eigenvalue weighted by Gasteiger charge is -2.36. The number of hydrogen-bond donors (Lipinski definition) is 1. The fraction of sp³-hybridized carbons (Fsp3) is 0.286. The number of methoxy groups -OCH3 is 1. The van der Waals surface area contributed by atoms with Crippen molar-refractivity contribution in [2.24, 2.45) is 0 Å². The first-order valence-corrected chi connectivity index (χ1v) is 11.9. The summed E-state index contributed by atoms with van der Waals surface area (Å²) < 4.78 is 5.25. The number of carbonyl (C=O) groups excluding carboxylic acids is 1. The van der Waals surface area contributed by atoms with E-state index in [-0.39, 0.29) is 5.91 Å². The van der Waals surface area contributed by atoms with E-state index >= 15 is 0 Å². The van der Waals surface area contributed by atoms with E-state index in [9.17, 15) is 4.79 Å². The monoisotopic (exact) mass is 454 g/mol. The third kappa shape index (κ3) is 4.62. The minimum absolute atomic E-state index is 0.244. The molecule has 2 aromatic heterocycles. The molecule has 1 amide bonds. The second-order valence-electron chi connectivity index (χ2n) is 8.66. The van der Waals surface area contributed by atoms with Crippen molar-refractivity contribution in [3.63, 3.8) is 0 Å².